The molecule has 248 valence electrons. The van der Waals surface area contributed by atoms with Crippen molar-refractivity contribution in [3.8, 4) is 11.3 Å². The first kappa shape index (κ1) is 36.3. The van der Waals surface area contributed by atoms with E-state index in [-0.39, 0.29) is 0 Å². The molecular formula is C36H50N4O5Si. The Balaban J connectivity index is 2.09. The SMILES string of the molecule is C=CCc1cccc(C[C@H](NC(=O)OC(C)(C)C)c2nc(-c3ccc(NC(=O)OC)cc3CC=C)c(COCC[Si](C)(C)C)[nH]2)c1. The molecule has 0 aliphatic carbocycles. The highest BCUT2D eigenvalue weighted by Crippen LogP contribution is 2.31. The average Bonchev–Trinajstić information content (AvgIpc) is 3.38. The van der Waals surface area contributed by atoms with Gasteiger partial charge in [0.25, 0.3) is 0 Å². The van der Waals surface area contributed by atoms with Crippen LogP contribution >= 0.6 is 0 Å². The van der Waals surface area contributed by atoms with E-state index >= 15 is 0 Å². The van der Waals surface area contributed by atoms with Gasteiger partial charge in [0.05, 0.1) is 31.1 Å². The summed E-state index contributed by atoms with van der Waals surface area (Å²) in [7, 11) is 0.0301. The molecule has 0 bridgehead atoms. The number of hydrogen-bond donors (Lipinski definition) is 3. The number of anilines is 1. The van der Waals surface area contributed by atoms with Crippen LogP contribution in [-0.4, -0.2) is 49.5 Å². The van der Waals surface area contributed by atoms with Gasteiger partial charge in [-0.3, -0.25) is 5.32 Å². The molecule has 1 atom stereocenters. The zero-order valence-corrected chi connectivity index (χ0v) is 29.4. The van der Waals surface area contributed by atoms with Crippen LogP contribution in [0.4, 0.5) is 15.3 Å². The van der Waals surface area contributed by atoms with Crippen molar-refractivity contribution in [2.75, 3.05) is 19.0 Å². The van der Waals surface area contributed by atoms with E-state index in [9.17, 15) is 9.59 Å². The molecule has 0 fully saturated rings. The molecule has 0 saturated heterocycles. The standard InChI is InChI=1S/C36H50N4O5Si/c1-10-13-25-15-12-16-26(21-25)22-30(39-35(42)45-36(3,4)5)33-38-31(24-44-19-20-46(7,8)9)32(40-33)29-18-17-28(37-34(41)43-6)23-27(29)14-11-2/h10-12,15-18,21,23,30H,1-2,13-14,19-20,22,24H2,3-9H3,(H,37,41)(H,38,40)(H,39,42)/t30-/m0/s1. The normalized spacial score (nSPS) is 12.2. The fraction of sp³-hybridized carbons (Fsp3) is 0.417. The highest BCUT2D eigenvalue weighted by atomic mass is 28.3. The zero-order valence-electron chi connectivity index (χ0n) is 28.4. The summed E-state index contributed by atoms with van der Waals surface area (Å²) in [6.07, 6.45) is 4.36. The monoisotopic (exact) mass is 646 g/mol. The van der Waals surface area contributed by atoms with Crippen molar-refractivity contribution in [2.24, 2.45) is 0 Å². The van der Waals surface area contributed by atoms with Gasteiger partial charge >= 0.3 is 12.2 Å². The van der Waals surface area contributed by atoms with Gasteiger partial charge in [-0.1, -0.05) is 62.1 Å². The minimum Gasteiger partial charge on any atom is -0.453 e. The van der Waals surface area contributed by atoms with Gasteiger partial charge in [0.15, 0.2) is 0 Å². The number of nitrogens with zero attached hydrogens (tertiary/aromatic N) is 1. The van der Waals surface area contributed by atoms with Gasteiger partial charge in [0, 0.05) is 32.4 Å². The van der Waals surface area contributed by atoms with Crippen LogP contribution in [0.15, 0.2) is 67.8 Å². The summed E-state index contributed by atoms with van der Waals surface area (Å²) in [6, 6.07) is 14.3. The Hall–Kier alpha value is -4.15. The Bertz CT molecular complexity index is 1500. The number of nitrogens with one attached hydrogen (secondary N) is 3. The summed E-state index contributed by atoms with van der Waals surface area (Å²) in [5.74, 6) is 0.583. The second kappa shape index (κ2) is 16.4. The Morgan fingerprint density at radius 2 is 1.74 bits per heavy atom. The third-order valence-electron chi connectivity index (χ3n) is 7.03. The maximum atomic E-state index is 13.1. The number of ether oxygens (including phenoxy) is 3. The fourth-order valence-electron chi connectivity index (χ4n) is 4.82. The summed E-state index contributed by atoms with van der Waals surface area (Å²) in [5, 5.41) is 5.79. The first-order valence-electron chi connectivity index (χ1n) is 15.6. The molecule has 0 unspecified atom stereocenters. The number of carbonyl (C=O) groups is 2. The third-order valence-corrected chi connectivity index (χ3v) is 8.73. The molecule has 9 nitrogen and oxygen atoms in total. The summed E-state index contributed by atoms with van der Waals surface area (Å²) < 4.78 is 16.6. The first-order valence-corrected chi connectivity index (χ1v) is 19.4. The van der Waals surface area contributed by atoms with E-state index in [1.807, 2.05) is 63.3 Å². The molecule has 0 spiro atoms. The number of hydrogen-bond acceptors (Lipinski definition) is 6. The van der Waals surface area contributed by atoms with Crippen molar-refractivity contribution in [2.45, 2.75) is 84.0 Å². The van der Waals surface area contributed by atoms with E-state index in [2.05, 4.69) is 60.5 Å². The lowest BCUT2D eigenvalue weighted by Gasteiger charge is -2.23. The van der Waals surface area contributed by atoms with Crippen LogP contribution in [0.1, 0.15) is 55.0 Å². The second-order valence-electron chi connectivity index (χ2n) is 13.5. The van der Waals surface area contributed by atoms with Crippen molar-refractivity contribution >= 4 is 25.9 Å². The number of aromatic amines is 1. The molecule has 0 aliphatic heterocycles. The molecule has 3 aromatic rings. The molecular weight excluding hydrogens is 597 g/mol. The summed E-state index contributed by atoms with van der Waals surface area (Å²) in [4.78, 5) is 33.6. The number of benzene rings is 2. The summed E-state index contributed by atoms with van der Waals surface area (Å²) in [5.41, 5.74) is 5.39. The topological polar surface area (TPSA) is 115 Å². The van der Waals surface area contributed by atoms with Crippen LogP contribution in [0.3, 0.4) is 0 Å². The number of methoxy groups -OCH3 is 1. The van der Waals surface area contributed by atoms with Gasteiger partial charge in [-0.15, -0.1) is 13.2 Å². The molecule has 10 heteroatoms. The zero-order chi connectivity index (χ0) is 33.9. The number of carbonyl (C=O) groups excluding carboxylic acids is 2. The Morgan fingerprint density at radius 1 is 1.02 bits per heavy atom. The van der Waals surface area contributed by atoms with Gasteiger partial charge in [-0.05, 0) is 68.5 Å². The quantitative estimate of drug-likeness (QED) is 0.0868. The minimum atomic E-state index is -1.29. The lowest BCUT2D eigenvalue weighted by Crippen LogP contribution is -2.36. The number of amides is 2. The van der Waals surface area contributed by atoms with Crippen molar-refractivity contribution < 1.29 is 23.8 Å². The van der Waals surface area contributed by atoms with Gasteiger partial charge in [-0.2, -0.15) is 0 Å². The Morgan fingerprint density at radius 3 is 2.39 bits per heavy atom. The summed E-state index contributed by atoms with van der Waals surface area (Å²) >= 11 is 0. The summed E-state index contributed by atoms with van der Waals surface area (Å²) in [6.45, 7) is 21.2. The molecule has 3 N–H and O–H groups in total. The largest absolute Gasteiger partial charge is 0.453 e. The molecule has 0 radical (unpaired) electrons. The van der Waals surface area contributed by atoms with Crippen molar-refractivity contribution in [3.63, 3.8) is 0 Å². The lowest BCUT2D eigenvalue weighted by molar-refractivity contribution is 0.0501. The molecule has 0 saturated carbocycles. The maximum absolute atomic E-state index is 13.1. The van der Waals surface area contributed by atoms with E-state index in [4.69, 9.17) is 19.2 Å². The lowest BCUT2D eigenvalue weighted by atomic mass is 9.99. The van der Waals surface area contributed by atoms with Crippen molar-refractivity contribution in [3.05, 3.63) is 96.0 Å². The van der Waals surface area contributed by atoms with E-state index in [1.165, 1.54) is 7.11 Å². The van der Waals surface area contributed by atoms with Gasteiger partial charge in [0.2, 0.25) is 0 Å². The molecule has 1 heterocycles. The van der Waals surface area contributed by atoms with Crippen LogP contribution in [0.2, 0.25) is 25.7 Å². The van der Waals surface area contributed by atoms with E-state index in [1.54, 1.807) is 0 Å². The Labute approximate surface area is 274 Å². The predicted molar refractivity (Wildman–Crippen MR) is 188 cm³/mol. The number of allylic oxidation sites excluding steroid dienone is 2. The predicted octanol–water partition coefficient (Wildman–Crippen LogP) is 8.38. The van der Waals surface area contributed by atoms with Crippen LogP contribution in [-0.2, 0) is 40.1 Å². The third kappa shape index (κ3) is 11.6. The van der Waals surface area contributed by atoms with E-state index < -0.39 is 31.9 Å². The second-order valence-corrected chi connectivity index (χ2v) is 19.1. The molecule has 1 aromatic heterocycles. The molecule has 3 rings (SSSR count). The van der Waals surface area contributed by atoms with Crippen molar-refractivity contribution in [1.29, 1.82) is 0 Å². The van der Waals surface area contributed by atoms with Crippen LogP contribution in [0, 0.1) is 0 Å². The number of alkyl carbamates (subject to hydrolysis) is 1. The molecule has 46 heavy (non-hydrogen) atoms. The van der Waals surface area contributed by atoms with Crippen LogP contribution in [0.5, 0.6) is 0 Å². The van der Waals surface area contributed by atoms with E-state index in [0.717, 1.165) is 40.4 Å². The first-order chi connectivity index (χ1) is 21.7. The molecule has 2 aromatic carbocycles. The van der Waals surface area contributed by atoms with Gasteiger partial charge in [-0.25, -0.2) is 14.6 Å². The van der Waals surface area contributed by atoms with Crippen LogP contribution in [0.25, 0.3) is 11.3 Å². The Kier molecular flexibility index (Phi) is 13.0. The molecule has 2 amide bonds. The van der Waals surface area contributed by atoms with E-state index in [0.29, 0.717) is 43.3 Å². The molecule has 0 aliphatic rings. The number of rotatable bonds is 15. The smallest absolute Gasteiger partial charge is 0.411 e. The number of H-pyrrole nitrogens is 1. The highest BCUT2D eigenvalue weighted by molar-refractivity contribution is 6.76. The van der Waals surface area contributed by atoms with Crippen LogP contribution < -0.4 is 10.6 Å². The van der Waals surface area contributed by atoms with Crippen molar-refractivity contribution in [1.82, 2.24) is 15.3 Å². The number of aromatic nitrogens is 2. The maximum Gasteiger partial charge on any atom is 0.411 e. The number of imidazole rings is 1. The fourth-order valence-corrected chi connectivity index (χ4v) is 5.58. The van der Waals surface area contributed by atoms with Gasteiger partial charge < -0.3 is 24.5 Å². The highest BCUT2D eigenvalue weighted by Gasteiger charge is 2.26. The average molecular weight is 647 g/mol. The minimum absolute atomic E-state index is 0.316. The van der Waals surface area contributed by atoms with Gasteiger partial charge in [0.1, 0.15) is 11.4 Å².